The van der Waals surface area contributed by atoms with Gasteiger partial charge in [0.2, 0.25) is 0 Å². The monoisotopic (exact) mass is 1160 g/mol. The summed E-state index contributed by atoms with van der Waals surface area (Å²) in [6.45, 7) is 34.6. The summed E-state index contributed by atoms with van der Waals surface area (Å²) in [7, 11) is -2.13. The minimum Gasteiger partial charge on any atom is -0.509 e. The Labute approximate surface area is 451 Å². The molecular weight excluding hydrogens is 1090 g/mol. The van der Waals surface area contributed by atoms with E-state index >= 15 is 0 Å². The molecule has 7 aromatic carbocycles. The molecule has 5 nitrogen and oxygen atoms in total. The summed E-state index contributed by atoms with van der Waals surface area (Å²) in [6, 6.07) is 63.0. The predicted octanol–water partition coefficient (Wildman–Crippen LogP) is 17.0. The molecule has 10 rings (SSSR count). The molecule has 0 radical (unpaired) electrons. The fourth-order valence-electron chi connectivity index (χ4n) is 10.2. The van der Waals surface area contributed by atoms with Crippen molar-refractivity contribution in [1.82, 2.24) is 4.98 Å². The number of pyridine rings is 1. The number of ether oxygens (including phenoxy) is 1. The molecule has 1 aromatic heterocycles. The molecule has 0 fully saturated rings. The van der Waals surface area contributed by atoms with E-state index < -0.39 is 8.07 Å². The van der Waals surface area contributed by atoms with Crippen LogP contribution in [0.3, 0.4) is 0 Å². The number of rotatable bonds is 7. The van der Waals surface area contributed by atoms with Crippen molar-refractivity contribution in [1.29, 1.82) is 0 Å². The van der Waals surface area contributed by atoms with Gasteiger partial charge in [0.25, 0.3) is 0 Å². The molecular formula is C66H69N4OPtSi-3. The summed E-state index contributed by atoms with van der Waals surface area (Å²) < 4.78 is 6.84. The van der Waals surface area contributed by atoms with Gasteiger partial charge in [0.1, 0.15) is 5.82 Å². The molecule has 0 aliphatic carbocycles. The third-order valence-corrected chi connectivity index (χ3v) is 18.1. The van der Waals surface area contributed by atoms with E-state index in [2.05, 4.69) is 275 Å². The summed E-state index contributed by atoms with van der Waals surface area (Å²) in [5.74, 6) is 2.10. The van der Waals surface area contributed by atoms with E-state index in [1.54, 1.807) is 0 Å². The molecule has 376 valence electrons. The van der Waals surface area contributed by atoms with Crippen LogP contribution in [0.4, 0.5) is 39.9 Å². The summed E-state index contributed by atoms with van der Waals surface area (Å²) in [6.07, 6.45) is 1.93. The summed E-state index contributed by atoms with van der Waals surface area (Å²) in [5, 5.41) is 2.67. The molecule has 0 spiro atoms. The van der Waals surface area contributed by atoms with Crippen molar-refractivity contribution in [2.24, 2.45) is 0 Å². The van der Waals surface area contributed by atoms with Crippen LogP contribution in [-0.4, -0.2) is 13.1 Å². The van der Waals surface area contributed by atoms with Gasteiger partial charge in [-0.05, 0) is 90.6 Å². The quantitative estimate of drug-likeness (QED) is 0.117. The summed E-state index contributed by atoms with van der Waals surface area (Å²) in [5.41, 5.74) is 16.0. The largest absolute Gasteiger partial charge is 0.509 e. The topological polar surface area (TPSA) is 31.8 Å². The zero-order chi connectivity index (χ0) is 51.1. The van der Waals surface area contributed by atoms with E-state index in [-0.39, 0.29) is 42.7 Å². The molecule has 2 aliphatic rings. The first kappa shape index (κ1) is 51.7. The Bertz CT molecular complexity index is 3330. The second-order valence-corrected chi connectivity index (χ2v) is 28.7. The van der Waals surface area contributed by atoms with Crippen molar-refractivity contribution < 1.29 is 25.8 Å². The van der Waals surface area contributed by atoms with Gasteiger partial charge in [-0.3, -0.25) is 0 Å². The van der Waals surface area contributed by atoms with Crippen LogP contribution in [0.25, 0.3) is 22.3 Å². The number of hydrogen-bond acceptors (Lipinski definition) is 5. The molecule has 3 heterocycles. The van der Waals surface area contributed by atoms with Crippen molar-refractivity contribution in [2.45, 2.75) is 118 Å². The predicted molar refractivity (Wildman–Crippen MR) is 307 cm³/mol. The smallest absolute Gasteiger partial charge is 0.135 e. The summed E-state index contributed by atoms with van der Waals surface area (Å²) >= 11 is 0. The first-order chi connectivity index (χ1) is 34.0. The van der Waals surface area contributed by atoms with E-state index in [0.717, 1.165) is 45.5 Å². The zero-order valence-electron chi connectivity index (χ0n) is 45.1. The number of aromatic nitrogens is 1. The number of para-hydroxylation sites is 4. The SMILES string of the molecule is CC(C)(C)c1cccc(-c2cccc(-c3cc(C(C)(C)C)cc(C(C)(C)C)c3)c2N2[CH-]N(c3[c-]c(Oc4[c-]c5c(cc4)[Si](C)(C)c4ccccc4N5c4cc(C(C)(C)C)ccn4)ccc3)c3ccccc32)c1.[Pt]. The van der Waals surface area contributed by atoms with Gasteiger partial charge in [-0.2, -0.15) is 12.1 Å². The maximum Gasteiger partial charge on any atom is 0.135 e. The number of hydrogen-bond donors (Lipinski definition) is 0. The average molecular weight is 1160 g/mol. The van der Waals surface area contributed by atoms with Gasteiger partial charge in [0.05, 0.1) is 8.07 Å². The molecule has 0 unspecified atom stereocenters. The van der Waals surface area contributed by atoms with Crippen LogP contribution >= 0.6 is 0 Å². The zero-order valence-corrected chi connectivity index (χ0v) is 48.4. The van der Waals surface area contributed by atoms with Crippen LogP contribution < -0.4 is 29.8 Å². The van der Waals surface area contributed by atoms with E-state index in [1.807, 2.05) is 12.3 Å². The molecule has 0 bridgehead atoms. The first-order valence-electron chi connectivity index (χ1n) is 25.5. The molecule has 0 N–H and O–H groups in total. The average Bonchev–Trinajstić information content (AvgIpc) is 3.72. The minimum atomic E-state index is -2.13. The Hall–Kier alpha value is -6.20. The van der Waals surface area contributed by atoms with E-state index in [1.165, 1.54) is 49.3 Å². The van der Waals surface area contributed by atoms with Crippen molar-refractivity contribution in [3.8, 4) is 33.8 Å². The summed E-state index contributed by atoms with van der Waals surface area (Å²) in [4.78, 5) is 11.9. The standard InChI is InChI=1S/C66H69N4OSi.Pt/c1-63(2,3)46-23-19-22-44(36-46)53-26-21-27-54(45-37-48(65(7,8)9)39-49(38-45)66(10,11)12)62(53)69-43-68(55-28-15-16-29-56(55)69)50-24-20-25-51(41-50)71-52-32-33-60-58(42-52)70(57-30-17-18-31-59(57)72(60,13)14)61-40-47(34-35-67-61)64(4,5)6;/h15-40,43H,1-14H3;/q-3;. The maximum atomic E-state index is 6.84. The Morgan fingerprint density at radius 1 is 0.479 bits per heavy atom. The Morgan fingerprint density at radius 2 is 1.03 bits per heavy atom. The fraction of sp³-hybridized carbons (Fsp3) is 0.273. The molecule has 0 saturated carbocycles. The van der Waals surface area contributed by atoms with Gasteiger partial charge in [0.15, 0.2) is 0 Å². The van der Waals surface area contributed by atoms with Crippen LogP contribution in [0.5, 0.6) is 11.5 Å². The molecule has 2 aliphatic heterocycles. The van der Waals surface area contributed by atoms with Crippen molar-refractivity contribution in [3.05, 3.63) is 199 Å². The van der Waals surface area contributed by atoms with Gasteiger partial charge < -0.3 is 19.4 Å². The third kappa shape index (κ3) is 9.86. The van der Waals surface area contributed by atoms with Crippen molar-refractivity contribution in [3.63, 3.8) is 0 Å². The van der Waals surface area contributed by atoms with Crippen LogP contribution in [0, 0.1) is 18.8 Å². The van der Waals surface area contributed by atoms with E-state index in [4.69, 9.17) is 9.72 Å². The van der Waals surface area contributed by atoms with Crippen molar-refractivity contribution >= 4 is 58.4 Å². The van der Waals surface area contributed by atoms with E-state index in [0.29, 0.717) is 11.5 Å². The molecule has 8 aromatic rings. The minimum absolute atomic E-state index is 0. The van der Waals surface area contributed by atoms with Crippen LogP contribution in [0.2, 0.25) is 13.1 Å². The number of nitrogens with zero attached hydrogens (tertiary/aromatic N) is 4. The molecule has 0 amide bonds. The second-order valence-electron chi connectivity index (χ2n) is 24.4. The fourth-order valence-corrected chi connectivity index (χ4v) is 13.1. The second kappa shape index (κ2) is 18.9. The number of benzene rings is 7. The molecule has 0 saturated heterocycles. The van der Waals surface area contributed by atoms with Crippen molar-refractivity contribution in [2.75, 3.05) is 14.7 Å². The number of anilines is 7. The van der Waals surface area contributed by atoms with Gasteiger partial charge in [0, 0.05) is 72.6 Å². The Balaban J connectivity index is 0.00000656. The molecule has 0 atom stereocenters. The van der Waals surface area contributed by atoms with Gasteiger partial charge in [-0.1, -0.05) is 193 Å². The third-order valence-electron chi connectivity index (χ3n) is 14.6. The normalized spacial score (nSPS) is 14.3. The Morgan fingerprint density at radius 3 is 1.68 bits per heavy atom. The molecule has 7 heteroatoms. The first-order valence-corrected chi connectivity index (χ1v) is 28.5. The number of fused-ring (bicyclic) bond motifs is 3. The van der Waals surface area contributed by atoms with Crippen LogP contribution in [0.15, 0.2) is 158 Å². The maximum absolute atomic E-state index is 6.84. The Kier molecular flexibility index (Phi) is 13.4. The van der Waals surface area contributed by atoms with Gasteiger partial charge in [-0.15, -0.1) is 47.9 Å². The van der Waals surface area contributed by atoms with Crippen LogP contribution in [0.1, 0.15) is 105 Å². The van der Waals surface area contributed by atoms with Gasteiger partial charge >= 0.3 is 0 Å². The molecule has 73 heavy (non-hydrogen) atoms. The van der Waals surface area contributed by atoms with E-state index in [9.17, 15) is 0 Å². The van der Waals surface area contributed by atoms with Crippen LogP contribution in [-0.2, 0) is 42.7 Å². The van der Waals surface area contributed by atoms with Gasteiger partial charge in [-0.25, -0.2) is 4.98 Å².